The predicted octanol–water partition coefficient (Wildman–Crippen LogP) is 2.02. The maximum Gasteiger partial charge on any atom is 0.166 e. The van der Waals surface area contributed by atoms with Gasteiger partial charge < -0.3 is 0 Å². The molecular weight excluding hydrogens is 190 g/mol. The summed E-state index contributed by atoms with van der Waals surface area (Å²) in [7, 11) is 0. The molecule has 3 heteroatoms. The summed E-state index contributed by atoms with van der Waals surface area (Å²) >= 11 is 0. The van der Waals surface area contributed by atoms with Crippen LogP contribution in [-0.2, 0) is 4.79 Å². The van der Waals surface area contributed by atoms with Crippen molar-refractivity contribution in [2.75, 3.05) is 0 Å². The largest absolute Gasteiger partial charge is 0.300 e. The minimum absolute atomic E-state index is 0.0884. The topological polar surface area (TPSA) is 47.0 Å². The predicted molar refractivity (Wildman–Crippen MR) is 55.5 cm³/mol. The fourth-order valence-electron chi connectivity index (χ4n) is 2.00. The van der Waals surface area contributed by atoms with Gasteiger partial charge in [-0.3, -0.25) is 14.6 Å². The first-order valence-corrected chi connectivity index (χ1v) is 5.23. The van der Waals surface area contributed by atoms with Gasteiger partial charge >= 0.3 is 0 Å². The summed E-state index contributed by atoms with van der Waals surface area (Å²) in [5.74, 6) is 0.202. The Labute approximate surface area is 88.5 Å². The monoisotopic (exact) mass is 203 g/mol. The standard InChI is InChI=1S/C12H13NO2/c14-11-3-1-2-10(8-11)12(15)9-4-6-13-7-5-9/h4-7,10H,1-3,8H2. The number of rotatable bonds is 2. The minimum Gasteiger partial charge on any atom is -0.300 e. The fourth-order valence-corrected chi connectivity index (χ4v) is 2.00. The van der Waals surface area contributed by atoms with Gasteiger partial charge in [0.05, 0.1) is 0 Å². The Bertz CT molecular complexity index is 372. The van der Waals surface area contributed by atoms with Crippen molar-refractivity contribution >= 4 is 11.6 Å². The second-order valence-electron chi connectivity index (χ2n) is 3.93. The van der Waals surface area contributed by atoms with Gasteiger partial charge in [0, 0.05) is 36.7 Å². The molecule has 1 saturated carbocycles. The number of carbonyl (C=O) groups excluding carboxylic acids is 2. The van der Waals surface area contributed by atoms with Gasteiger partial charge in [0.25, 0.3) is 0 Å². The van der Waals surface area contributed by atoms with Crippen LogP contribution in [0.15, 0.2) is 24.5 Å². The molecule has 2 rings (SSSR count). The molecule has 0 aromatic carbocycles. The summed E-state index contributed by atoms with van der Waals surface area (Å²) in [5.41, 5.74) is 0.671. The molecule has 0 radical (unpaired) electrons. The SMILES string of the molecule is O=C1CCCC(C(=O)c2ccncc2)C1. The van der Waals surface area contributed by atoms with E-state index in [1.54, 1.807) is 24.5 Å². The molecule has 1 aliphatic carbocycles. The van der Waals surface area contributed by atoms with Crippen LogP contribution < -0.4 is 0 Å². The average Bonchev–Trinajstić information content (AvgIpc) is 2.29. The molecule has 1 heterocycles. The van der Waals surface area contributed by atoms with Gasteiger partial charge in [0.2, 0.25) is 0 Å². The van der Waals surface area contributed by atoms with Crippen LogP contribution in [0.3, 0.4) is 0 Å². The normalized spacial score (nSPS) is 21.3. The van der Waals surface area contributed by atoms with Crippen molar-refractivity contribution in [2.45, 2.75) is 25.7 Å². The molecule has 1 aliphatic rings. The van der Waals surface area contributed by atoms with Gasteiger partial charge in [-0.25, -0.2) is 0 Å². The summed E-state index contributed by atoms with van der Waals surface area (Å²) in [6, 6.07) is 3.42. The first-order valence-electron chi connectivity index (χ1n) is 5.23. The highest BCUT2D eigenvalue weighted by molar-refractivity contribution is 6.00. The molecule has 0 amide bonds. The van der Waals surface area contributed by atoms with Gasteiger partial charge in [0.15, 0.2) is 5.78 Å². The molecule has 0 spiro atoms. The molecule has 15 heavy (non-hydrogen) atoms. The number of nitrogens with zero attached hydrogens (tertiary/aromatic N) is 1. The van der Waals surface area contributed by atoms with Crippen LogP contribution in [0, 0.1) is 5.92 Å². The number of hydrogen-bond acceptors (Lipinski definition) is 3. The highest BCUT2D eigenvalue weighted by atomic mass is 16.1. The van der Waals surface area contributed by atoms with E-state index in [0.29, 0.717) is 18.4 Å². The molecule has 1 unspecified atom stereocenters. The first kappa shape index (κ1) is 10.0. The van der Waals surface area contributed by atoms with Crippen LogP contribution >= 0.6 is 0 Å². The number of Topliss-reactive ketones (excluding diaryl/α,β-unsaturated/α-hetero) is 2. The molecule has 0 bridgehead atoms. The summed E-state index contributed by atoms with van der Waals surface area (Å²) in [6.45, 7) is 0. The number of aromatic nitrogens is 1. The van der Waals surface area contributed by atoms with Crippen molar-refractivity contribution in [2.24, 2.45) is 5.92 Å². The van der Waals surface area contributed by atoms with Crippen LogP contribution in [0.1, 0.15) is 36.0 Å². The lowest BCUT2D eigenvalue weighted by Crippen LogP contribution is -2.22. The van der Waals surface area contributed by atoms with Crippen LogP contribution in [0.5, 0.6) is 0 Å². The van der Waals surface area contributed by atoms with Crippen LogP contribution in [0.25, 0.3) is 0 Å². The number of pyridine rings is 1. The Kier molecular flexibility index (Phi) is 2.90. The number of hydrogen-bond donors (Lipinski definition) is 0. The first-order chi connectivity index (χ1) is 7.27. The lowest BCUT2D eigenvalue weighted by Gasteiger charge is -2.19. The van der Waals surface area contributed by atoms with E-state index in [2.05, 4.69) is 4.98 Å². The Balaban J connectivity index is 2.11. The molecule has 0 aliphatic heterocycles. The van der Waals surface area contributed by atoms with Crippen LogP contribution in [0.2, 0.25) is 0 Å². The summed E-state index contributed by atoms with van der Waals surface area (Å²) < 4.78 is 0. The van der Waals surface area contributed by atoms with E-state index in [4.69, 9.17) is 0 Å². The van der Waals surface area contributed by atoms with E-state index in [1.807, 2.05) is 0 Å². The van der Waals surface area contributed by atoms with Gasteiger partial charge in [0.1, 0.15) is 5.78 Å². The zero-order valence-electron chi connectivity index (χ0n) is 8.48. The van der Waals surface area contributed by atoms with Crippen LogP contribution in [0.4, 0.5) is 0 Å². The minimum atomic E-state index is -0.103. The Morgan fingerprint density at radius 2 is 2.07 bits per heavy atom. The lowest BCUT2D eigenvalue weighted by atomic mass is 9.83. The van der Waals surface area contributed by atoms with E-state index in [0.717, 1.165) is 12.8 Å². The maximum absolute atomic E-state index is 12.0. The van der Waals surface area contributed by atoms with Crippen LogP contribution in [-0.4, -0.2) is 16.6 Å². The third-order valence-corrected chi connectivity index (χ3v) is 2.82. The summed E-state index contributed by atoms with van der Waals surface area (Å²) in [6.07, 6.45) is 5.96. The van der Waals surface area contributed by atoms with E-state index in [-0.39, 0.29) is 17.5 Å². The van der Waals surface area contributed by atoms with Crippen molar-refractivity contribution in [3.63, 3.8) is 0 Å². The molecule has 0 saturated heterocycles. The molecular formula is C12H13NO2. The highest BCUT2D eigenvalue weighted by Crippen LogP contribution is 2.24. The lowest BCUT2D eigenvalue weighted by molar-refractivity contribution is -0.121. The molecule has 78 valence electrons. The Morgan fingerprint density at radius 1 is 1.33 bits per heavy atom. The molecule has 0 N–H and O–H groups in total. The zero-order valence-corrected chi connectivity index (χ0v) is 8.48. The average molecular weight is 203 g/mol. The van der Waals surface area contributed by atoms with Crippen molar-refractivity contribution in [3.05, 3.63) is 30.1 Å². The summed E-state index contributed by atoms with van der Waals surface area (Å²) in [4.78, 5) is 27.1. The van der Waals surface area contributed by atoms with E-state index < -0.39 is 0 Å². The number of carbonyl (C=O) groups is 2. The quantitative estimate of drug-likeness (QED) is 0.691. The molecule has 1 aromatic rings. The van der Waals surface area contributed by atoms with Crippen molar-refractivity contribution in [1.29, 1.82) is 0 Å². The molecule has 1 atom stereocenters. The fraction of sp³-hybridized carbons (Fsp3) is 0.417. The second kappa shape index (κ2) is 4.34. The third-order valence-electron chi connectivity index (χ3n) is 2.82. The van der Waals surface area contributed by atoms with Gasteiger partial charge in [-0.1, -0.05) is 0 Å². The third kappa shape index (κ3) is 2.29. The van der Waals surface area contributed by atoms with E-state index in [9.17, 15) is 9.59 Å². The maximum atomic E-state index is 12.0. The Morgan fingerprint density at radius 3 is 2.73 bits per heavy atom. The molecule has 1 aromatic heterocycles. The number of ketones is 2. The van der Waals surface area contributed by atoms with E-state index in [1.165, 1.54) is 0 Å². The zero-order chi connectivity index (χ0) is 10.7. The second-order valence-corrected chi connectivity index (χ2v) is 3.93. The van der Waals surface area contributed by atoms with Gasteiger partial charge in [-0.2, -0.15) is 0 Å². The Hall–Kier alpha value is -1.51. The summed E-state index contributed by atoms with van der Waals surface area (Å²) in [5, 5.41) is 0. The highest BCUT2D eigenvalue weighted by Gasteiger charge is 2.26. The van der Waals surface area contributed by atoms with Crippen molar-refractivity contribution in [3.8, 4) is 0 Å². The van der Waals surface area contributed by atoms with Crippen molar-refractivity contribution < 1.29 is 9.59 Å². The molecule has 3 nitrogen and oxygen atoms in total. The van der Waals surface area contributed by atoms with E-state index >= 15 is 0 Å². The van der Waals surface area contributed by atoms with Crippen molar-refractivity contribution in [1.82, 2.24) is 4.98 Å². The molecule has 1 fully saturated rings. The van der Waals surface area contributed by atoms with Gasteiger partial charge in [-0.05, 0) is 25.0 Å². The smallest absolute Gasteiger partial charge is 0.166 e. The van der Waals surface area contributed by atoms with Gasteiger partial charge in [-0.15, -0.1) is 0 Å².